The highest BCUT2D eigenvalue weighted by Gasteiger charge is 2.12. The summed E-state index contributed by atoms with van der Waals surface area (Å²) in [6.07, 6.45) is 2.70. The number of anilines is 3. The maximum atomic E-state index is 6.02. The molecule has 0 aliphatic heterocycles. The lowest BCUT2D eigenvalue weighted by Crippen LogP contribution is -2.08. The average molecular weight is 368 g/mol. The van der Waals surface area contributed by atoms with Crippen LogP contribution >= 0.6 is 0 Å². The molecule has 0 aliphatic carbocycles. The first kappa shape index (κ1) is 18.5. The fraction of sp³-hybridized carbons (Fsp3) is 0.316. The molecule has 142 valence electrons. The van der Waals surface area contributed by atoms with Gasteiger partial charge in [-0.15, -0.1) is 0 Å². The minimum absolute atomic E-state index is 0.117. The summed E-state index contributed by atoms with van der Waals surface area (Å²) in [7, 11) is 1.64. The number of hydrogen-bond donors (Lipinski definition) is 3. The zero-order valence-corrected chi connectivity index (χ0v) is 15.7. The Hall–Kier alpha value is -3.29. The van der Waals surface area contributed by atoms with Crippen molar-refractivity contribution in [2.75, 3.05) is 30.5 Å². The van der Waals surface area contributed by atoms with Gasteiger partial charge in [0.15, 0.2) is 5.65 Å². The van der Waals surface area contributed by atoms with Gasteiger partial charge in [0.2, 0.25) is 5.95 Å². The van der Waals surface area contributed by atoms with Crippen molar-refractivity contribution in [2.24, 2.45) is 0 Å². The van der Waals surface area contributed by atoms with Gasteiger partial charge in [0.25, 0.3) is 0 Å². The highest BCUT2D eigenvalue weighted by atomic mass is 16.5. The van der Waals surface area contributed by atoms with Crippen molar-refractivity contribution in [3.8, 4) is 11.5 Å². The third-order valence-corrected chi connectivity index (χ3v) is 4.25. The molecule has 8 heteroatoms. The van der Waals surface area contributed by atoms with E-state index >= 15 is 0 Å². The van der Waals surface area contributed by atoms with Crippen molar-refractivity contribution < 1.29 is 9.47 Å². The van der Waals surface area contributed by atoms with Gasteiger partial charge in [0.1, 0.15) is 17.3 Å². The van der Waals surface area contributed by atoms with Crippen LogP contribution in [0.1, 0.15) is 24.5 Å². The van der Waals surface area contributed by atoms with Crippen molar-refractivity contribution in [2.45, 2.75) is 26.8 Å². The Morgan fingerprint density at radius 3 is 2.74 bits per heavy atom. The molecule has 8 nitrogen and oxygen atoms in total. The number of hydrogen-bond acceptors (Lipinski definition) is 8. The molecule has 0 saturated heterocycles. The van der Waals surface area contributed by atoms with Crippen LogP contribution in [0.5, 0.6) is 11.5 Å². The number of fused-ring (bicyclic) bond motifs is 1. The predicted octanol–water partition coefficient (Wildman–Crippen LogP) is 2.91. The van der Waals surface area contributed by atoms with Gasteiger partial charge in [-0.3, -0.25) is 0 Å². The molecule has 0 fully saturated rings. The summed E-state index contributed by atoms with van der Waals surface area (Å²) in [6.45, 7) is 5.22. The van der Waals surface area contributed by atoms with Crippen LogP contribution in [0.4, 0.5) is 17.5 Å². The molecule has 0 saturated carbocycles. The van der Waals surface area contributed by atoms with E-state index in [0.29, 0.717) is 24.6 Å². The van der Waals surface area contributed by atoms with E-state index in [2.05, 4.69) is 27.2 Å². The smallest absolute Gasteiger partial charge is 0.224 e. The van der Waals surface area contributed by atoms with Gasteiger partial charge < -0.3 is 26.3 Å². The summed E-state index contributed by atoms with van der Waals surface area (Å²) >= 11 is 0. The van der Waals surface area contributed by atoms with Gasteiger partial charge in [-0.25, -0.2) is 4.98 Å². The third kappa shape index (κ3) is 3.94. The average Bonchev–Trinajstić information content (AvgIpc) is 2.65. The predicted molar refractivity (Wildman–Crippen MR) is 107 cm³/mol. The van der Waals surface area contributed by atoms with Crippen LogP contribution in [0.25, 0.3) is 11.0 Å². The lowest BCUT2D eigenvalue weighted by Gasteiger charge is -2.16. The molecule has 0 unspecified atom stereocenters. The Labute approximate surface area is 157 Å². The summed E-state index contributed by atoms with van der Waals surface area (Å²) in [5, 5.41) is 4.12. The number of benzene rings is 1. The lowest BCUT2D eigenvalue weighted by atomic mass is 10.1. The van der Waals surface area contributed by atoms with Gasteiger partial charge in [-0.1, -0.05) is 6.92 Å². The van der Waals surface area contributed by atoms with Gasteiger partial charge >= 0.3 is 0 Å². The van der Waals surface area contributed by atoms with E-state index in [-0.39, 0.29) is 5.95 Å². The van der Waals surface area contributed by atoms with Crippen molar-refractivity contribution in [1.82, 2.24) is 15.0 Å². The normalized spacial score (nSPS) is 10.8. The maximum absolute atomic E-state index is 6.02. The van der Waals surface area contributed by atoms with Crippen LogP contribution in [-0.4, -0.2) is 28.7 Å². The van der Waals surface area contributed by atoms with E-state index in [1.807, 2.05) is 25.1 Å². The molecule has 0 spiro atoms. The molecule has 0 amide bonds. The SMILES string of the molecule is CCCOc1ccc(OC)cc1NCc1cnc2nc(N)nc(N)c2c1C. The van der Waals surface area contributed by atoms with Crippen LogP contribution in [0, 0.1) is 6.92 Å². The Bertz CT molecular complexity index is 961. The number of nitrogens with one attached hydrogen (secondary N) is 1. The minimum atomic E-state index is 0.117. The molecule has 3 rings (SSSR count). The molecule has 0 radical (unpaired) electrons. The highest BCUT2D eigenvalue weighted by molar-refractivity contribution is 5.90. The first-order valence-corrected chi connectivity index (χ1v) is 8.75. The van der Waals surface area contributed by atoms with Gasteiger partial charge in [-0.2, -0.15) is 9.97 Å². The molecule has 2 aromatic heterocycles. The summed E-state index contributed by atoms with van der Waals surface area (Å²) in [5.74, 6) is 1.98. The highest BCUT2D eigenvalue weighted by Crippen LogP contribution is 2.31. The Balaban J connectivity index is 1.89. The summed E-state index contributed by atoms with van der Waals surface area (Å²) < 4.78 is 11.1. The Morgan fingerprint density at radius 1 is 1.19 bits per heavy atom. The summed E-state index contributed by atoms with van der Waals surface area (Å²) in [6, 6.07) is 5.69. The second kappa shape index (κ2) is 7.94. The van der Waals surface area contributed by atoms with Crippen molar-refractivity contribution in [1.29, 1.82) is 0 Å². The van der Waals surface area contributed by atoms with Gasteiger partial charge in [0.05, 0.1) is 24.8 Å². The van der Waals surface area contributed by atoms with Crippen molar-refractivity contribution in [3.05, 3.63) is 35.5 Å². The standard InChI is InChI=1S/C19H24N6O2/c1-4-7-27-15-6-5-13(26-3)8-14(15)22-9-12-10-23-18-16(11(12)2)17(20)24-19(21)25-18/h5-6,8,10,22H,4,7,9H2,1-3H3,(H4,20,21,23,24,25). The Morgan fingerprint density at radius 2 is 2.00 bits per heavy atom. The quantitative estimate of drug-likeness (QED) is 0.582. The number of aromatic nitrogens is 3. The van der Waals surface area contributed by atoms with Crippen LogP contribution in [-0.2, 0) is 6.54 Å². The summed E-state index contributed by atoms with van der Waals surface area (Å²) in [5.41, 5.74) is 15.0. The molecule has 5 N–H and O–H groups in total. The molecule has 1 aromatic carbocycles. The summed E-state index contributed by atoms with van der Waals surface area (Å²) in [4.78, 5) is 12.6. The maximum Gasteiger partial charge on any atom is 0.224 e. The van der Waals surface area contributed by atoms with Crippen molar-refractivity contribution >= 4 is 28.5 Å². The second-order valence-corrected chi connectivity index (χ2v) is 6.14. The first-order valence-electron chi connectivity index (χ1n) is 8.75. The fourth-order valence-electron chi connectivity index (χ4n) is 2.81. The molecule has 27 heavy (non-hydrogen) atoms. The number of nitrogen functional groups attached to an aromatic ring is 2. The minimum Gasteiger partial charge on any atom is -0.497 e. The number of ether oxygens (including phenoxy) is 2. The van der Waals surface area contributed by atoms with Crippen molar-refractivity contribution in [3.63, 3.8) is 0 Å². The van der Waals surface area contributed by atoms with E-state index in [4.69, 9.17) is 20.9 Å². The number of nitrogens with zero attached hydrogens (tertiary/aromatic N) is 3. The van der Waals surface area contributed by atoms with Crippen LogP contribution < -0.4 is 26.3 Å². The molecule has 0 atom stereocenters. The zero-order valence-electron chi connectivity index (χ0n) is 15.7. The number of methoxy groups -OCH3 is 1. The van der Waals surface area contributed by atoms with Gasteiger partial charge in [-0.05, 0) is 36.6 Å². The van der Waals surface area contributed by atoms with Crippen LogP contribution in [0.2, 0.25) is 0 Å². The van der Waals surface area contributed by atoms with Crippen LogP contribution in [0.15, 0.2) is 24.4 Å². The number of rotatable bonds is 7. The third-order valence-electron chi connectivity index (χ3n) is 4.25. The number of aryl methyl sites for hydroxylation is 1. The Kier molecular flexibility index (Phi) is 5.44. The van der Waals surface area contributed by atoms with E-state index in [1.54, 1.807) is 13.3 Å². The van der Waals surface area contributed by atoms with Gasteiger partial charge in [0, 0.05) is 18.8 Å². The molecule has 3 aromatic rings. The molecular formula is C19H24N6O2. The second-order valence-electron chi connectivity index (χ2n) is 6.14. The largest absolute Gasteiger partial charge is 0.497 e. The first-order chi connectivity index (χ1) is 13.0. The lowest BCUT2D eigenvalue weighted by molar-refractivity contribution is 0.318. The van der Waals surface area contributed by atoms with Crippen LogP contribution in [0.3, 0.4) is 0 Å². The zero-order chi connectivity index (χ0) is 19.4. The molecular weight excluding hydrogens is 344 g/mol. The topological polar surface area (TPSA) is 121 Å². The molecule has 0 bridgehead atoms. The van der Waals surface area contributed by atoms with E-state index in [0.717, 1.165) is 40.1 Å². The molecule has 2 heterocycles. The monoisotopic (exact) mass is 368 g/mol. The van der Waals surface area contributed by atoms with E-state index in [9.17, 15) is 0 Å². The molecule has 0 aliphatic rings. The fourth-order valence-corrected chi connectivity index (χ4v) is 2.81. The van der Waals surface area contributed by atoms with E-state index in [1.165, 1.54) is 0 Å². The van der Waals surface area contributed by atoms with E-state index < -0.39 is 0 Å². The number of nitrogens with two attached hydrogens (primary N) is 2. The number of pyridine rings is 1.